The summed E-state index contributed by atoms with van der Waals surface area (Å²) in [6.07, 6.45) is 0. The van der Waals surface area contributed by atoms with Crippen LogP contribution in [0.15, 0.2) is 24.3 Å². The highest BCUT2D eigenvalue weighted by atomic mass is 16.6. The highest BCUT2D eigenvalue weighted by molar-refractivity contribution is 5.87. The molecule has 0 heterocycles. The fourth-order valence-electron chi connectivity index (χ4n) is 0.515. The number of hydrogen-bond acceptors (Lipinski definition) is 4. The first-order valence-electron chi connectivity index (χ1n) is 4.10. The number of esters is 2. The van der Waals surface area contributed by atoms with Crippen LogP contribution in [0.5, 0.6) is 0 Å². The van der Waals surface area contributed by atoms with E-state index in [1.54, 1.807) is 13.8 Å². The molecule has 0 aromatic carbocycles. The summed E-state index contributed by atoms with van der Waals surface area (Å²) in [6, 6.07) is 0. The maximum Gasteiger partial charge on any atom is 0.333 e. The van der Waals surface area contributed by atoms with Crippen LogP contribution in [0.4, 0.5) is 0 Å². The monoisotopic (exact) mass is 230 g/mol. The van der Waals surface area contributed by atoms with Gasteiger partial charge in [-0.3, -0.25) is 0 Å². The molecular formula is C12H22O4. The lowest BCUT2D eigenvalue weighted by molar-refractivity contribution is -0.147. The van der Waals surface area contributed by atoms with Crippen LogP contribution in [0.2, 0.25) is 0 Å². The van der Waals surface area contributed by atoms with Crippen molar-refractivity contribution in [1.29, 1.82) is 0 Å². The van der Waals surface area contributed by atoms with Gasteiger partial charge in [0.1, 0.15) is 13.2 Å². The molecule has 0 radical (unpaired) electrons. The van der Waals surface area contributed by atoms with Crippen LogP contribution in [0.3, 0.4) is 0 Å². The zero-order chi connectivity index (χ0) is 11.1. The van der Waals surface area contributed by atoms with Crippen molar-refractivity contribution in [3.8, 4) is 0 Å². The normalized spacial score (nSPS) is 7.88. The van der Waals surface area contributed by atoms with Crippen LogP contribution in [-0.2, 0) is 19.1 Å². The van der Waals surface area contributed by atoms with Gasteiger partial charge in [0.25, 0.3) is 0 Å². The summed E-state index contributed by atoms with van der Waals surface area (Å²) in [5.74, 6) is -0.979. The van der Waals surface area contributed by atoms with E-state index < -0.39 is 11.9 Å². The molecule has 0 saturated carbocycles. The van der Waals surface area contributed by atoms with Gasteiger partial charge in [0.2, 0.25) is 0 Å². The minimum absolute atomic E-state index is 0. The van der Waals surface area contributed by atoms with Gasteiger partial charge in [-0.25, -0.2) is 9.59 Å². The quantitative estimate of drug-likeness (QED) is 0.413. The molecule has 0 aromatic rings. The fourth-order valence-corrected chi connectivity index (χ4v) is 0.515. The SMILES string of the molecule is C.C.C=C(C)C(=O)OCCOC(=O)C(=C)C. The first kappa shape index (κ1) is 19.9. The van der Waals surface area contributed by atoms with Crippen LogP contribution in [-0.4, -0.2) is 25.2 Å². The van der Waals surface area contributed by atoms with E-state index in [9.17, 15) is 9.59 Å². The molecule has 0 fully saturated rings. The standard InChI is InChI=1S/C10H14O4.2CH4/c1-7(2)9(11)13-5-6-14-10(12)8(3)4;;/h1,3,5-6H2,2,4H3;2*1H4. The second kappa shape index (κ2) is 9.96. The Hall–Kier alpha value is -1.58. The van der Waals surface area contributed by atoms with E-state index in [1.165, 1.54) is 0 Å². The summed E-state index contributed by atoms with van der Waals surface area (Å²) in [4.78, 5) is 21.7. The van der Waals surface area contributed by atoms with Crippen molar-refractivity contribution in [1.82, 2.24) is 0 Å². The first-order chi connectivity index (χ1) is 6.45. The largest absolute Gasteiger partial charge is 0.459 e. The van der Waals surface area contributed by atoms with Gasteiger partial charge in [0, 0.05) is 11.1 Å². The summed E-state index contributed by atoms with van der Waals surface area (Å²) in [5, 5.41) is 0. The van der Waals surface area contributed by atoms with Crippen molar-refractivity contribution in [3.63, 3.8) is 0 Å². The van der Waals surface area contributed by atoms with Gasteiger partial charge in [-0.2, -0.15) is 0 Å². The highest BCUT2D eigenvalue weighted by Gasteiger charge is 2.05. The van der Waals surface area contributed by atoms with E-state index in [0.29, 0.717) is 11.1 Å². The molecule has 0 spiro atoms. The second-order valence-electron chi connectivity index (χ2n) is 2.83. The van der Waals surface area contributed by atoms with Crippen molar-refractivity contribution >= 4 is 11.9 Å². The Bertz CT molecular complexity index is 238. The predicted octanol–water partition coefficient (Wildman–Crippen LogP) is 2.50. The van der Waals surface area contributed by atoms with Gasteiger partial charge in [-0.05, 0) is 13.8 Å². The number of hydrogen-bond donors (Lipinski definition) is 0. The fraction of sp³-hybridized carbons (Fsp3) is 0.500. The molecule has 0 rings (SSSR count). The van der Waals surface area contributed by atoms with Gasteiger partial charge in [0.05, 0.1) is 0 Å². The smallest absolute Gasteiger partial charge is 0.333 e. The molecule has 0 aliphatic rings. The lowest BCUT2D eigenvalue weighted by atomic mass is 10.4. The number of carbonyl (C=O) groups is 2. The Morgan fingerprint density at radius 3 is 1.31 bits per heavy atom. The maximum absolute atomic E-state index is 10.8. The lowest BCUT2D eigenvalue weighted by Gasteiger charge is -2.05. The minimum Gasteiger partial charge on any atom is -0.459 e. The number of ether oxygens (including phenoxy) is 2. The highest BCUT2D eigenvalue weighted by Crippen LogP contribution is 1.94. The molecule has 0 aromatic heterocycles. The Labute approximate surface area is 97.9 Å². The predicted molar refractivity (Wildman–Crippen MR) is 65.0 cm³/mol. The summed E-state index contributed by atoms with van der Waals surface area (Å²) in [7, 11) is 0. The molecule has 0 bridgehead atoms. The molecule has 0 amide bonds. The molecule has 0 saturated heterocycles. The molecule has 4 nitrogen and oxygen atoms in total. The summed E-state index contributed by atoms with van der Waals surface area (Å²) >= 11 is 0. The minimum atomic E-state index is -0.489. The van der Waals surface area contributed by atoms with Crippen molar-refractivity contribution in [2.75, 3.05) is 13.2 Å². The van der Waals surface area contributed by atoms with Gasteiger partial charge >= 0.3 is 11.9 Å². The van der Waals surface area contributed by atoms with Crippen LogP contribution in [0.1, 0.15) is 28.7 Å². The van der Waals surface area contributed by atoms with E-state index in [0.717, 1.165) is 0 Å². The van der Waals surface area contributed by atoms with Crippen LogP contribution in [0, 0.1) is 0 Å². The van der Waals surface area contributed by atoms with Crippen LogP contribution < -0.4 is 0 Å². The lowest BCUT2D eigenvalue weighted by Crippen LogP contribution is -2.14. The Balaban J connectivity index is -0.000000845. The zero-order valence-corrected chi connectivity index (χ0v) is 8.46. The van der Waals surface area contributed by atoms with Gasteiger partial charge in [-0.1, -0.05) is 28.0 Å². The van der Waals surface area contributed by atoms with Gasteiger partial charge < -0.3 is 9.47 Å². The molecule has 4 heteroatoms. The van der Waals surface area contributed by atoms with E-state index in [2.05, 4.69) is 22.6 Å². The van der Waals surface area contributed by atoms with E-state index in [-0.39, 0.29) is 28.1 Å². The first-order valence-corrected chi connectivity index (χ1v) is 4.10. The third kappa shape index (κ3) is 8.99. The summed E-state index contributed by atoms with van der Waals surface area (Å²) < 4.78 is 9.38. The number of carbonyl (C=O) groups excluding carboxylic acids is 2. The third-order valence-corrected chi connectivity index (χ3v) is 1.25. The Kier molecular flexibility index (Phi) is 12.4. The average molecular weight is 230 g/mol. The van der Waals surface area contributed by atoms with Crippen molar-refractivity contribution in [2.45, 2.75) is 28.7 Å². The molecule has 0 N–H and O–H groups in total. The van der Waals surface area contributed by atoms with Crippen LogP contribution in [0.25, 0.3) is 0 Å². The Morgan fingerprint density at radius 2 is 1.12 bits per heavy atom. The van der Waals surface area contributed by atoms with E-state index in [1.807, 2.05) is 0 Å². The molecule has 0 atom stereocenters. The summed E-state index contributed by atoms with van der Waals surface area (Å²) in [6.45, 7) is 9.95. The van der Waals surface area contributed by atoms with Crippen LogP contribution >= 0.6 is 0 Å². The number of rotatable bonds is 5. The van der Waals surface area contributed by atoms with Gasteiger partial charge in [0.15, 0.2) is 0 Å². The summed E-state index contributed by atoms with van der Waals surface area (Å²) in [5.41, 5.74) is 0.632. The van der Waals surface area contributed by atoms with Crippen molar-refractivity contribution < 1.29 is 19.1 Å². The van der Waals surface area contributed by atoms with E-state index in [4.69, 9.17) is 0 Å². The Morgan fingerprint density at radius 1 is 0.875 bits per heavy atom. The molecule has 0 unspecified atom stereocenters. The van der Waals surface area contributed by atoms with Crippen molar-refractivity contribution in [2.24, 2.45) is 0 Å². The topological polar surface area (TPSA) is 52.6 Å². The molecule has 94 valence electrons. The zero-order valence-electron chi connectivity index (χ0n) is 8.46. The third-order valence-electron chi connectivity index (χ3n) is 1.25. The molecule has 0 aliphatic heterocycles. The molecule has 0 aliphatic carbocycles. The van der Waals surface area contributed by atoms with Crippen molar-refractivity contribution in [3.05, 3.63) is 24.3 Å². The van der Waals surface area contributed by atoms with Gasteiger partial charge in [-0.15, -0.1) is 0 Å². The second-order valence-corrected chi connectivity index (χ2v) is 2.83. The van der Waals surface area contributed by atoms with E-state index >= 15 is 0 Å². The maximum atomic E-state index is 10.8. The molecule has 16 heavy (non-hydrogen) atoms. The average Bonchev–Trinajstić information content (AvgIpc) is 2.11. The molecular weight excluding hydrogens is 208 g/mol.